The molecule has 0 amide bonds. The minimum absolute atomic E-state index is 0.530. The lowest BCUT2D eigenvalue weighted by Crippen LogP contribution is -2.46. The van der Waals surface area contributed by atoms with Crippen LogP contribution in [0.3, 0.4) is 0 Å². The molecule has 1 aliphatic carbocycles. The van der Waals surface area contributed by atoms with Crippen LogP contribution in [-0.2, 0) is 0 Å². The first-order valence-electron chi connectivity index (χ1n) is 7.80. The minimum Gasteiger partial charge on any atom is -0.314 e. The quantitative estimate of drug-likeness (QED) is 0.748. The third-order valence-electron chi connectivity index (χ3n) is 4.79. The van der Waals surface area contributed by atoms with E-state index in [-0.39, 0.29) is 0 Å². The molecule has 108 valence electrons. The van der Waals surface area contributed by atoms with Crippen molar-refractivity contribution in [2.75, 3.05) is 20.1 Å². The molecule has 1 fully saturated rings. The van der Waals surface area contributed by atoms with E-state index in [4.69, 9.17) is 0 Å². The van der Waals surface area contributed by atoms with Gasteiger partial charge in [0.05, 0.1) is 0 Å². The van der Waals surface area contributed by atoms with E-state index in [1.165, 1.54) is 38.8 Å². The zero-order valence-electron chi connectivity index (χ0n) is 13.4. The summed E-state index contributed by atoms with van der Waals surface area (Å²) in [6, 6.07) is 1.29. The van der Waals surface area contributed by atoms with Crippen molar-refractivity contribution < 1.29 is 0 Å². The molecule has 1 N–H and O–H groups in total. The fourth-order valence-corrected chi connectivity index (χ4v) is 3.12. The molecular weight excluding hydrogens is 220 g/mol. The lowest BCUT2D eigenvalue weighted by molar-refractivity contribution is 0.118. The Morgan fingerprint density at radius 3 is 2.06 bits per heavy atom. The van der Waals surface area contributed by atoms with Crippen LogP contribution in [0.5, 0.6) is 0 Å². The third kappa shape index (κ3) is 4.55. The number of rotatable bonds is 7. The second-order valence-corrected chi connectivity index (χ2v) is 7.14. The summed E-state index contributed by atoms with van der Waals surface area (Å²) >= 11 is 0. The molecule has 0 spiro atoms. The first kappa shape index (κ1) is 16.0. The minimum atomic E-state index is 0.530. The predicted octanol–water partition coefficient (Wildman–Crippen LogP) is 3.52. The zero-order chi connectivity index (χ0) is 13.8. The number of nitrogens with one attached hydrogen (secondary N) is 1. The smallest absolute Gasteiger partial charge is 0.00871 e. The third-order valence-corrected chi connectivity index (χ3v) is 4.79. The van der Waals surface area contributed by atoms with Crippen molar-refractivity contribution in [3.05, 3.63) is 0 Å². The van der Waals surface area contributed by atoms with E-state index in [1.54, 1.807) is 0 Å². The van der Waals surface area contributed by atoms with Crippen LogP contribution in [-0.4, -0.2) is 37.1 Å². The number of nitrogens with zero attached hydrogens (tertiary/aromatic N) is 1. The Hall–Kier alpha value is -0.0800. The molecule has 2 heteroatoms. The maximum atomic E-state index is 3.68. The Balaban J connectivity index is 2.56. The number of hydrogen-bond acceptors (Lipinski definition) is 2. The Bertz CT molecular complexity index is 229. The lowest BCUT2D eigenvalue weighted by atomic mass is 9.84. The highest BCUT2D eigenvalue weighted by Crippen LogP contribution is 2.38. The fourth-order valence-electron chi connectivity index (χ4n) is 3.12. The molecule has 1 atom stereocenters. The van der Waals surface area contributed by atoms with Crippen molar-refractivity contribution in [1.82, 2.24) is 10.2 Å². The molecule has 1 aliphatic rings. The van der Waals surface area contributed by atoms with Crippen molar-refractivity contribution >= 4 is 0 Å². The van der Waals surface area contributed by atoms with E-state index in [0.29, 0.717) is 17.5 Å². The van der Waals surface area contributed by atoms with Crippen LogP contribution in [0.1, 0.15) is 60.3 Å². The number of hydrogen-bond donors (Lipinski definition) is 1. The summed E-state index contributed by atoms with van der Waals surface area (Å²) in [6.07, 6.45) is 5.65. The normalized spacial score (nSPS) is 21.2. The zero-order valence-corrected chi connectivity index (χ0v) is 13.4. The van der Waals surface area contributed by atoms with Gasteiger partial charge in [-0.2, -0.15) is 0 Å². The van der Waals surface area contributed by atoms with Crippen LogP contribution in [0.15, 0.2) is 0 Å². The van der Waals surface area contributed by atoms with Crippen molar-refractivity contribution in [3.8, 4) is 0 Å². The van der Waals surface area contributed by atoms with Crippen LogP contribution in [0.2, 0.25) is 0 Å². The van der Waals surface area contributed by atoms with Crippen molar-refractivity contribution in [2.45, 2.75) is 72.4 Å². The second kappa shape index (κ2) is 6.91. The van der Waals surface area contributed by atoms with Gasteiger partial charge in [0, 0.05) is 25.2 Å². The van der Waals surface area contributed by atoms with Crippen LogP contribution in [0, 0.1) is 11.3 Å². The molecule has 18 heavy (non-hydrogen) atoms. The van der Waals surface area contributed by atoms with Crippen LogP contribution < -0.4 is 5.32 Å². The molecular formula is C16H34N2. The van der Waals surface area contributed by atoms with Crippen molar-refractivity contribution in [1.29, 1.82) is 0 Å². The highest BCUT2D eigenvalue weighted by atomic mass is 15.1. The molecule has 0 bridgehead atoms. The van der Waals surface area contributed by atoms with E-state index in [9.17, 15) is 0 Å². The monoisotopic (exact) mass is 254 g/mol. The first-order valence-corrected chi connectivity index (χ1v) is 7.80. The Labute approximate surface area is 115 Å². The summed E-state index contributed by atoms with van der Waals surface area (Å²) in [5.74, 6) is 0.742. The fraction of sp³-hybridized carbons (Fsp3) is 1.00. The highest BCUT2D eigenvalue weighted by Gasteiger charge is 2.35. The highest BCUT2D eigenvalue weighted by molar-refractivity contribution is 4.90. The molecule has 0 aliphatic heterocycles. The standard InChI is InChI=1S/C16H34N2/c1-13(2)15(5)18(6)12-16(9-7-8-10-16)11-17-14(3)4/h13-15,17H,7-12H2,1-6H3. The van der Waals surface area contributed by atoms with Crippen molar-refractivity contribution in [2.24, 2.45) is 11.3 Å². The maximum absolute atomic E-state index is 3.68. The summed E-state index contributed by atoms with van der Waals surface area (Å²) in [5, 5.41) is 3.68. The summed E-state index contributed by atoms with van der Waals surface area (Å²) < 4.78 is 0. The van der Waals surface area contributed by atoms with Gasteiger partial charge in [-0.15, -0.1) is 0 Å². The topological polar surface area (TPSA) is 15.3 Å². The van der Waals surface area contributed by atoms with Gasteiger partial charge in [-0.3, -0.25) is 0 Å². The van der Waals surface area contributed by atoms with Gasteiger partial charge in [0.25, 0.3) is 0 Å². The predicted molar refractivity (Wildman–Crippen MR) is 81.0 cm³/mol. The second-order valence-electron chi connectivity index (χ2n) is 7.14. The van der Waals surface area contributed by atoms with Crippen molar-refractivity contribution in [3.63, 3.8) is 0 Å². The molecule has 0 aromatic rings. The van der Waals surface area contributed by atoms with E-state index in [2.05, 4.69) is 51.9 Å². The molecule has 0 aromatic carbocycles. The lowest BCUT2D eigenvalue weighted by Gasteiger charge is -2.38. The van der Waals surface area contributed by atoms with E-state index < -0.39 is 0 Å². The van der Waals surface area contributed by atoms with Gasteiger partial charge in [0.2, 0.25) is 0 Å². The molecule has 0 aromatic heterocycles. The average Bonchev–Trinajstić information content (AvgIpc) is 2.74. The summed E-state index contributed by atoms with van der Waals surface area (Å²) in [6.45, 7) is 14.0. The molecule has 0 saturated heterocycles. The average molecular weight is 254 g/mol. The first-order chi connectivity index (χ1) is 8.36. The Morgan fingerprint density at radius 2 is 1.61 bits per heavy atom. The molecule has 1 unspecified atom stereocenters. The van der Waals surface area contributed by atoms with E-state index in [0.717, 1.165) is 5.92 Å². The van der Waals surface area contributed by atoms with Crippen LogP contribution in [0.25, 0.3) is 0 Å². The molecule has 1 saturated carbocycles. The SMILES string of the molecule is CC(C)NCC1(CN(C)C(C)C(C)C)CCCC1. The molecule has 0 heterocycles. The summed E-state index contributed by atoms with van der Waals surface area (Å²) in [4.78, 5) is 2.58. The van der Waals surface area contributed by atoms with Gasteiger partial charge >= 0.3 is 0 Å². The Morgan fingerprint density at radius 1 is 1.06 bits per heavy atom. The van der Waals surface area contributed by atoms with Gasteiger partial charge in [-0.25, -0.2) is 0 Å². The maximum Gasteiger partial charge on any atom is 0.00871 e. The van der Waals surface area contributed by atoms with Gasteiger partial charge in [-0.05, 0) is 38.1 Å². The summed E-state index contributed by atoms with van der Waals surface area (Å²) in [5.41, 5.74) is 0.530. The van der Waals surface area contributed by atoms with Crippen LogP contribution in [0.4, 0.5) is 0 Å². The van der Waals surface area contributed by atoms with E-state index >= 15 is 0 Å². The van der Waals surface area contributed by atoms with Gasteiger partial charge < -0.3 is 10.2 Å². The molecule has 1 rings (SSSR count). The molecule has 0 radical (unpaired) electrons. The van der Waals surface area contributed by atoms with Gasteiger partial charge in [0.1, 0.15) is 0 Å². The van der Waals surface area contributed by atoms with Gasteiger partial charge in [0.15, 0.2) is 0 Å². The molecule has 2 nitrogen and oxygen atoms in total. The van der Waals surface area contributed by atoms with E-state index in [1.807, 2.05) is 0 Å². The Kier molecular flexibility index (Phi) is 6.13. The van der Waals surface area contributed by atoms with Gasteiger partial charge in [-0.1, -0.05) is 40.5 Å². The van der Waals surface area contributed by atoms with Crippen LogP contribution >= 0.6 is 0 Å². The largest absolute Gasteiger partial charge is 0.314 e. The summed E-state index contributed by atoms with van der Waals surface area (Å²) in [7, 11) is 2.31.